The zero-order valence-corrected chi connectivity index (χ0v) is 12.3. The Bertz CT molecular complexity index is 962. The first kappa shape index (κ1) is 15.4. The summed E-state index contributed by atoms with van der Waals surface area (Å²) in [7, 11) is 0. The monoisotopic (exact) mass is 328 g/mol. The van der Waals surface area contributed by atoms with Gasteiger partial charge in [-0.1, -0.05) is 0 Å². The molecule has 1 aromatic carbocycles. The van der Waals surface area contributed by atoms with Crippen molar-refractivity contribution in [3.05, 3.63) is 69.2 Å². The summed E-state index contributed by atoms with van der Waals surface area (Å²) in [5.74, 6) is 0.219. The maximum absolute atomic E-state index is 12.3. The van der Waals surface area contributed by atoms with Gasteiger partial charge in [-0.25, -0.2) is 4.98 Å². The van der Waals surface area contributed by atoms with Gasteiger partial charge >= 0.3 is 0 Å². The molecule has 3 aromatic rings. The van der Waals surface area contributed by atoms with Gasteiger partial charge in [0.1, 0.15) is 12.3 Å². The molecule has 0 fully saturated rings. The molecule has 24 heavy (non-hydrogen) atoms. The third-order valence-corrected chi connectivity index (χ3v) is 3.37. The van der Waals surface area contributed by atoms with E-state index in [1.807, 2.05) is 0 Å². The number of fused-ring (bicyclic) bond motifs is 1. The van der Waals surface area contributed by atoms with Crippen LogP contribution in [0.4, 0.5) is 5.69 Å². The smallest absolute Gasteiger partial charge is 0.271 e. The highest BCUT2D eigenvalue weighted by molar-refractivity contribution is 5.80. The molecule has 0 radical (unpaired) electrons. The average Bonchev–Trinajstić information content (AvgIpc) is 3.08. The second-order valence-corrected chi connectivity index (χ2v) is 4.99. The number of rotatable bonds is 5. The minimum absolute atomic E-state index is 0.150. The lowest BCUT2D eigenvalue weighted by Gasteiger charge is -2.07. The fraction of sp³-hybridized carbons (Fsp3) is 0.133. The van der Waals surface area contributed by atoms with Crippen LogP contribution >= 0.6 is 0 Å². The van der Waals surface area contributed by atoms with E-state index in [-0.39, 0.29) is 35.6 Å². The van der Waals surface area contributed by atoms with Crippen molar-refractivity contribution in [2.75, 3.05) is 0 Å². The Morgan fingerprint density at radius 2 is 2.21 bits per heavy atom. The minimum atomic E-state index is -0.561. The number of amides is 1. The molecule has 0 bridgehead atoms. The van der Waals surface area contributed by atoms with Gasteiger partial charge in [0.05, 0.1) is 35.0 Å². The Balaban J connectivity index is 1.78. The van der Waals surface area contributed by atoms with Gasteiger partial charge in [0.25, 0.3) is 11.2 Å². The zero-order valence-electron chi connectivity index (χ0n) is 12.3. The second kappa shape index (κ2) is 6.32. The maximum Gasteiger partial charge on any atom is 0.271 e. The van der Waals surface area contributed by atoms with Crippen LogP contribution < -0.4 is 10.9 Å². The normalized spacial score (nSPS) is 10.7. The number of nitrogens with one attached hydrogen (secondary N) is 1. The van der Waals surface area contributed by atoms with Gasteiger partial charge in [0.2, 0.25) is 5.91 Å². The second-order valence-electron chi connectivity index (χ2n) is 4.99. The molecule has 0 aliphatic rings. The topological polar surface area (TPSA) is 120 Å². The molecule has 0 atom stereocenters. The predicted molar refractivity (Wildman–Crippen MR) is 83.2 cm³/mol. The predicted octanol–water partition coefficient (Wildman–Crippen LogP) is 1.21. The molecule has 3 rings (SSSR count). The van der Waals surface area contributed by atoms with E-state index in [1.54, 1.807) is 12.1 Å². The Hall–Kier alpha value is -3.49. The number of nitro benzene ring substituents is 1. The lowest BCUT2D eigenvalue weighted by Crippen LogP contribution is -2.32. The standard InChI is InChI=1S/C15H12N4O5/c20-14(16-7-11-2-1-5-24-11)8-18-9-17-13-6-10(19(22)23)3-4-12(13)15(18)21/h1-6,9H,7-8H2,(H,16,20). The van der Waals surface area contributed by atoms with Gasteiger partial charge in [-0.15, -0.1) is 0 Å². The van der Waals surface area contributed by atoms with E-state index in [2.05, 4.69) is 10.3 Å². The average molecular weight is 328 g/mol. The molecule has 0 saturated heterocycles. The Labute approximate surface area is 134 Å². The van der Waals surface area contributed by atoms with Crippen molar-refractivity contribution < 1.29 is 14.1 Å². The Morgan fingerprint density at radius 3 is 2.92 bits per heavy atom. The number of nitrogens with zero attached hydrogens (tertiary/aromatic N) is 3. The number of carbonyl (C=O) groups is 1. The van der Waals surface area contributed by atoms with Crippen molar-refractivity contribution in [3.63, 3.8) is 0 Å². The van der Waals surface area contributed by atoms with Crippen LogP contribution in [0, 0.1) is 10.1 Å². The van der Waals surface area contributed by atoms with Crippen LogP contribution in [0.5, 0.6) is 0 Å². The number of furan rings is 1. The zero-order chi connectivity index (χ0) is 17.1. The Morgan fingerprint density at radius 1 is 1.38 bits per heavy atom. The summed E-state index contributed by atoms with van der Waals surface area (Å²) in [5.41, 5.74) is -0.382. The van der Waals surface area contributed by atoms with E-state index < -0.39 is 10.5 Å². The third kappa shape index (κ3) is 3.14. The number of hydrogen-bond donors (Lipinski definition) is 1. The summed E-state index contributed by atoms with van der Waals surface area (Å²) in [6.07, 6.45) is 2.69. The first-order valence-electron chi connectivity index (χ1n) is 6.97. The van der Waals surface area contributed by atoms with E-state index >= 15 is 0 Å². The fourth-order valence-electron chi connectivity index (χ4n) is 2.18. The highest BCUT2D eigenvalue weighted by Crippen LogP contribution is 2.16. The molecule has 2 heterocycles. The first-order chi connectivity index (χ1) is 11.5. The van der Waals surface area contributed by atoms with E-state index in [4.69, 9.17) is 4.42 Å². The van der Waals surface area contributed by atoms with Crippen molar-refractivity contribution in [3.8, 4) is 0 Å². The van der Waals surface area contributed by atoms with Crippen LogP contribution in [0.2, 0.25) is 0 Å². The van der Waals surface area contributed by atoms with Crippen LogP contribution in [-0.2, 0) is 17.9 Å². The van der Waals surface area contributed by atoms with Crippen molar-refractivity contribution in [2.24, 2.45) is 0 Å². The molecule has 0 aliphatic heterocycles. The van der Waals surface area contributed by atoms with E-state index in [9.17, 15) is 19.7 Å². The van der Waals surface area contributed by atoms with Crippen molar-refractivity contribution in [1.82, 2.24) is 14.9 Å². The number of nitro groups is 1. The van der Waals surface area contributed by atoms with Crippen molar-refractivity contribution >= 4 is 22.5 Å². The molecule has 0 saturated carbocycles. The fourth-order valence-corrected chi connectivity index (χ4v) is 2.18. The van der Waals surface area contributed by atoms with Gasteiger partial charge in [0, 0.05) is 12.1 Å². The van der Waals surface area contributed by atoms with Gasteiger partial charge < -0.3 is 9.73 Å². The molecule has 0 unspecified atom stereocenters. The molecule has 9 heteroatoms. The summed E-state index contributed by atoms with van der Waals surface area (Å²) >= 11 is 0. The molecule has 1 amide bonds. The summed E-state index contributed by atoms with van der Waals surface area (Å²) in [6, 6.07) is 7.21. The van der Waals surface area contributed by atoms with Gasteiger partial charge in [-0.2, -0.15) is 0 Å². The van der Waals surface area contributed by atoms with Gasteiger partial charge in [-0.3, -0.25) is 24.3 Å². The molecule has 0 spiro atoms. The SMILES string of the molecule is O=C(Cn1cnc2cc([N+](=O)[O-])ccc2c1=O)NCc1ccco1. The highest BCUT2D eigenvalue weighted by atomic mass is 16.6. The van der Waals surface area contributed by atoms with Crippen LogP contribution in [-0.4, -0.2) is 20.4 Å². The van der Waals surface area contributed by atoms with Gasteiger partial charge in [-0.05, 0) is 18.2 Å². The van der Waals surface area contributed by atoms with E-state index in [1.165, 1.54) is 30.8 Å². The van der Waals surface area contributed by atoms with Crippen LogP contribution in [0.15, 0.2) is 52.1 Å². The lowest BCUT2D eigenvalue weighted by atomic mass is 10.2. The third-order valence-electron chi connectivity index (χ3n) is 3.37. The summed E-state index contributed by atoms with van der Waals surface area (Å²) < 4.78 is 6.24. The Kier molecular flexibility index (Phi) is 4.06. The summed E-state index contributed by atoms with van der Waals surface area (Å²) in [6.45, 7) is 0.00720. The molecular formula is C15H12N4O5. The molecule has 122 valence electrons. The summed E-state index contributed by atoms with van der Waals surface area (Å²) in [4.78, 5) is 38.4. The van der Waals surface area contributed by atoms with Gasteiger partial charge in [0.15, 0.2) is 0 Å². The summed E-state index contributed by atoms with van der Waals surface area (Å²) in [5, 5.41) is 13.6. The number of hydrogen-bond acceptors (Lipinski definition) is 6. The molecular weight excluding hydrogens is 316 g/mol. The number of aromatic nitrogens is 2. The maximum atomic E-state index is 12.3. The number of non-ortho nitro benzene ring substituents is 1. The molecule has 2 aromatic heterocycles. The highest BCUT2D eigenvalue weighted by Gasteiger charge is 2.12. The van der Waals surface area contributed by atoms with Crippen molar-refractivity contribution in [1.29, 1.82) is 0 Å². The van der Waals surface area contributed by atoms with Crippen LogP contribution in [0.25, 0.3) is 10.9 Å². The first-order valence-corrected chi connectivity index (χ1v) is 6.97. The van der Waals surface area contributed by atoms with Crippen LogP contribution in [0.3, 0.4) is 0 Å². The van der Waals surface area contributed by atoms with E-state index in [0.717, 1.165) is 4.57 Å². The quantitative estimate of drug-likeness (QED) is 0.555. The number of carbonyl (C=O) groups excluding carboxylic acids is 1. The molecule has 9 nitrogen and oxygen atoms in total. The lowest BCUT2D eigenvalue weighted by molar-refractivity contribution is -0.384. The minimum Gasteiger partial charge on any atom is -0.467 e. The van der Waals surface area contributed by atoms with E-state index in [0.29, 0.717) is 5.76 Å². The number of benzene rings is 1. The molecule has 1 N–H and O–H groups in total. The van der Waals surface area contributed by atoms with Crippen LogP contribution in [0.1, 0.15) is 5.76 Å². The molecule has 0 aliphatic carbocycles. The van der Waals surface area contributed by atoms with Crippen molar-refractivity contribution in [2.45, 2.75) is 13.1 Å². The largest absolute Gasteiger partial charge is 0.467 e.